The average molecular weight is 347 g/mol. The highest BCUT2D eigenvalue weighted by Crippen LogP contribution is 2.29. The third-order valence-corrected chi connectivity index (χ3v) is 3.45. The predicted molar refractivity (Wildman–Crippen MR) is 76.3 cm³/mol. The van der Waals surface area contributed by atoms with Crippen molar-refractivity contribution >= 4 is 49.8 Å². The van der Waals surface area contributed by atoms with Crippen LogP contribution in [0.1, 0.15) is 17.4 Å². The fourth-order valence-electron chi connectivity index (χ4n) is 1.64. The van der Waals surface area contributed by atoms with Gasteiger partial charge in [-0.3, -0.25) is 9.27 Å². The third-order valence-electron chi connectivity index (χ3n) is 2.40. The van der Waals surface area contributed by atoms with Crippen LogP contribution in [-0.2, 0) is 16.0 Å². The molecule has 0 saturated carbocycles. The lowest BCUT2D eigenvalue weighted by molar-refractivity contribution is 0.0520. The SMILES string of the molecule is CCOC(=O)c1cc2cc(Br)c(NS(=O)O)cc2[nH]1. The van der Waals surface area contributed by atoms with Gasteiger partial charge in [0.2, 0.25) is 0 Å². The lowest BCUT2D eigenvalue weighted by Crippen LogP contribution is -2.04. The van der Waals surface area contributed by atoms with Gasteiger partial charge in [0, 0.05) is 15.4 Å². The molecular weight excluding hydrogens is 336 g/mol. The highest BCUT2D eigenvalue weighted by atomic mass is 79.9. The topological polar surface area (TPSA) is 91.4 Å². The first kappa shape index (κ1) is 14.0. The summed E-state index contributed by atoms with van der Waals surface area (Å²) in [5.74, 6) is -0.435. The normalized spacial score (nSPS) is 12.4. The van der Waals surface area contributed by atoms with Crippen LogP contribution < -0.4 is 4.72 Å². The summed E-state index contributed by atoms with van der Waals surface area (Å²) in [7, 11) is 0. The Morgan fingerprint density at radius 1 is 1.53 bits per heavy atom. The van der Waals surface area contributed by atoms with E-state index < -0.39 is 17.2 Å². The Kier molecular flexibility index (Phi) is 4.23. The third kappa shape index (κ3) is 3.14. The Hall–Kier alpha value is -1.38. The molecular formula is C11H11BrN2O4S. The highest BCUT2D eigenvalue weighted by molar-refractivity contribution is 9.10. The number of benzene rings is 1. The number of carbonyl (C=O) groups excluding carboxylic acids is 1. The smallest absolute Gasteiger partial charge is 0.354 e. The average Bonchev–Trinajstić information content (AvgIpc) is 2.72. The second kappa shape index (κ2) is 5.72. The maximum Gasteiger partial charge on any atom is 0.354 e. The van der Waals surface area contributed by atoms with E-state index in [1.807, 2.05) is 0 Å². The molecule has 102 valence electrons. The van der Waals surface area contributed by atoms with Crippen LogP contribution in [0, 0.1) is 0 Å². The van der Waals surface area contributed by atoms with E-state index >= 15 is 0 Å². The zero-order valence-corrected chi connectivity index (χ0v) is 12.3. The molecule has 2 aromatic rings. The van der Waals surface area contributed by atoms with E-state index in [-0.39, 0.29) is 0 Å². The first-order valence-corrected chi connectivity index (χ1v) is 7.28. The molecule has 0 aliphatic rings. The predicted octanol–water partition coefficient (Wildman–Crippen LogP) is 2.66. The molecule has 0 aliphatic carbocycles. The number of hydrogen-bond acceptors (Lipinski definition) is 3. The van der Waals surface area contributed by atoms with Gasteiger partial charge in [-0.25, -0.2) is 9.00 Å². The second-order valence-electron chi connectivity index (χ2n) is 3.67. The number of nitrogens with one attached hydrogen (secondary N) is 2. The quantitative estimate of drug-likeness (QED) is 0.586. The molecule has 6 nitrogen and oxygen atoms in total. The number of aromatic amines is 1. The van der Waals surface area contributed by atoms with Crippen molar-refractivity contribution in [3.63, 3.8) is 0 Å². The van der Waals surface area contributed by atoms with Crippen LogP contribution in [0.3, 0.4) is 0 Å². The van der Waals surface area contributed by atoms with Gasteiger partial charge in [0.05, 0.1) is 12.3 Å². The van der Waals surface area contributed by atoms with Crippen molar-refractivity contribution in [2.75, 3.05) is 11.3 Å². The number of esters is 1. The molecule has 0 bridgehead atoms. The molecule has 0 fully saturated rings. The van der Waals surface area contributed by atoms with Crippen molar-refractivity contribution in [3.8, 4) is 0 Å². The van der Waals surface area contributed by atoms with Crippen LogP contribution in [-0.4, -0.2) is 26.3 Å². The fraction of sp³-hybridized carbons (Fsp3) is 0.182. The van der Waals surface area contributed by atoms with Crippen molar-refractivity contribution in [2.24, 2.45) is 0 Å². The van der Waals surface area contributed by atoms with Crippen molar-refractivity contribution < 1.29 is 18.3 Å². The molecule has 1 heterocycles. The first-order chi connectivity index (χ1) is 9.01. The number of fused-ring (bicyclic) bond motifs is 1. The standard InChI is InChI=1S/C11H11BrN2O4S/c1-2-18-11(15)10-4-6-3-7(12)9(14-19(16)17)5-8(6)13-10/h3-5,13-14H,2H2,1H3,(H,16,17). The van der Waals surface area contributed by atoms with Gasteiger partial charge in [-0.15, -0.1) is 0 Å². The van der Waals surface area contributed by atoms with Gasteiger partial charge in [-0.05, 0) is 41.1 Å². The summed E-state index contributed by atoms with van der Waals surface area (Å²) in [5.41, 5.74) is 1.45. The number of rotatable bonds is 4. The van der Waals surface area contributed by atoms with Crippen molar-refractivity contribution in [1.29, 1.82) is 0 Å². The minimum absolute atomic E-state index is 0.300. The molecule has 1 unspecified atom stereocenters. The zero-order chi connectivity index (χ0) is 14.0. The van der Waals surface area contributed by atoms with Crippen LogP contribution >= 0.6 is 15.9 Å². The summed E-state index contributed by atoms with van der Waals surface area (Å²) in [6.45, 7) is 2.03. The minimum atomic E-state index is -2.16. The van der Waals surface area contributed by atoms with E-state index in [4.69, 9.17) is 9.29 Å². The maximum atomic E-state index is 11.6. The molecule has 0 saturated heterocycles. The molecule has 3 N–H and O–H groups in total. The number of hydrogen-bond donors (Lipinski definition) is 3. The molecule has 0 amide bonds. The van der Waals surface area contributed by atoms with Gasteiger partial charge in [-0.1, -0.05) is 0 Å². The molecule has 0 spiro atoms. The summed E-state index contributed by atoms with van der Waals surface area (Å²) in [6.07, 6.45) is 0. The van der Waals surface area contributed by atoms with Crippen molar-refractivity contribution in [2.45, 2.75) is 6.92 Å². The van der Waals surface area contributed by atoms with E-state index in [0.29, 0.717) is 28.0 Å². The number of carbonyl (C=O) groups is 1. The number of ether oxygens (including phenoxy) is 1. The van der Waals surface area contributed by atoms with E-state index in [0.717, 1.165) is 5.39 Å². The second-order valence-corrected chi connectivity index (χ2v) is 5.23. The largest absolute Gasteiger partial charge is 0.461 e. The number of halogens is 1. The monoisotopic (exact) mass is 346 g/mol. The minimum Gasteiger partial charge on any atom is -0.461 e. The lowest BCUT2D eigenvalue weighted by Gasteiger charge is -2.04. The summed E-state index contributed by atoms with van der Waals surface area (Å²) >= 11 is 1.12. The molecule has 8 heteroatoms. The summed E-state index contributed by atoms with van der Waals surface area (Å²) in [6, 6.07) is 5.04. The summed E-state index contributed by atoms with van der Waals surface area (Å²) in [5, 5.41) is 0.796. The maximum absolute atomic E-state index is 11.6. The highest BCUT2D eigenvalue weighted by Gasteiger charge is 2.12. The first-order valence-electron chi connectivity index (χ1n) is 5.38. The van der Waals surface area contributed by atoms with Crippen LogP contribution in [0.5, 0.6) is 0 Å². The van der Waals surface area contributed by atoms with Gasteiger partial charge in [0.25, 0.3) is 11.3 Å². The van der Waals surface area contributed by atoms with Gasteiger partial charge < -0.3 is 9.72 Å². The van der Waals surface area contributed by atoms with Crippen LogP contribution in [0.4, 0.5) is 5.69 Å². The van der Waals surface area contributed by atoms with Gasteiger partial charge in [0.1, 0.15) is 5.69 Å². The molecule has 2 rings (SSSR count). The number of anilines is 1. The lowest BCUT2D eigenvalue weighted by atomic mass is 10.2. The Bertz CT molecular complexity index is 655. The Labute approximate surface area is 120 Å². The summed E-state index contributed by atoms with van der Waals surface area (Å²) < 4.78 is 27.5. The van der Waals surface area contributed by atoms with Crippen LogP contribution in [0.2, 0.25) is 0 Å². The van der Waals surface area contributed by atoms with E-state index in [1.54, 1.807) is 25.1 Å². The van der Waals surface area contributed by atoms with Crippen LogP contribution in [0.15, 0.2) is 22.7 Å². The van der Waals surface area contributed by atoms with Crippen LogP contribution in [0.25, 0.3) is 10.9 Å². The van der Waals surface area contributed by atoms with E-state index in [2.05, 4.69) is 25.6 Å². The Balaban J connectivity index is 2.42. The van der Waals surface area contributed by atoms with Gasteiger partial charge in [0.15, 0.2) is 0 Å². The van der Waals surface area contributed by atoms with Gasteiger partial charge >= 0.3 is 5.97 Å². The fourth-order valence-corrected chi connectivity index (χ4v) is 2.59. The van der Waals surface area contributed by atoms with E-state index in [9.17, 15) is 9.00 Å². The molecule has 0 radical (unpaired) electrons. The summed E-state index contributed by atoms with van der Waals surface area (Å²) in [4.78, 5) is 14.5. The molecule has 1 aromatic heterocycles. The van der Waals surface area contributed by atoms with Crippen molar-refractivity contribution in [3.05, 3.63) is 28.4 Å². The van der Waals surface area contributed by atoms with Gasteiger partial charge in [-0.2, -0.15) is 0 Å². The Morgan fingerprint density at radius 2 is 2.26 bits per heavy atom. The number of H-pyrrole nitrogens is 1. The van der Waals surface area contributed by atoms with E-state index in [1.165, 1.54) is 0 Å². The van der Waals surface area contributed by atoms with Crippen molar-refractivity contribution in [1.82, 2.24) is 4.98 Å². The molecule has 19 heavy (non-hydrogen) atoms. The number of aromatic nitrogens is 1. The Morgan fingerprint density at radius 3 is 2.89 bits per heavy atom. The molecule has 1 atom stereocenters. The molecule has 1 aromatic carbocycles. The zero-order valence-electron chi connectivity index (χ0n) is 9.90. The molecule has 0 aliphatic heterocycles.